The molecule has 0 aromatic heterocycles. The third kappa shape index (κ3) is 52.2. The predicted molar refractivity (Wildman–Crippen MR) is 95.8 cm³/mol. The van der Waals surface area contributed by atoms with Gasteiger partial charge in [-0.25, -0.2) is 0 Å². The highest BCUT2D eigenvalue weighted by Gasteiger charge is 2.19. The molecule has 0 heterocycles. The first-order valence-electron chi connectivity index (χ1n) is 5.29. The average molecular weight is 536 g/mol. The fraction of sp³-hybridized carbons (Fsp3) is 0.667. The van der Waals surface area contributed by atoms with E-state index in [0.717, 1.165) is 12.8 Å². The van der Waals surface area contributed by atoms with Crippen LogP contribution in [0.3, 0.4) is 0 Å². The van der Waals surface area contributed by atoms with E-state index in [4.69, 9.17) is 21.0 Å². The molecule has 0 saturated heterocycles. The first-order chi connectivity index (χ1) is 9.22. The summed E-state index contributed by atoms with van der Waals surface area (Å²) >= 11 is 12.3. The zero-order valence-electron chi connectivity index (χ0n) is 11.5. The van der Waals surface area contributed by atoms with E-state index in [1.165, 1.54) is 6.92 Å². The molecule has 1 unspecified atom stereocenters. The molecular formula is C12H16Br4N4. The normalized spacial score (nSPS) is 8.95. The molecule has 0 aromatic rings. The fourth-order valence-corrected chi connectivity index (χ4v) is 1.16. The molecule has 0 saturated carbocycles. The summed E-state index contributed by atoms with van der Waals surface area (Å²) in [6.07, 6.45) is 1.84. The Hall–Kier alpha value is -0.120. The molecule has 1 atom stereocenters. The lowest BCUT2D eigenvalue weighted by molar-refractivity contribution is 0.818. The lowest BCUT2D eigenvalue weighted by Crippen LogP contribution is -2.05. The summed E-state index contributed by atoms with van der Waals surface area (Å²) < 4.78 is -0.477. The molecule has 0 spiro atoms. The number of rotatable bonds is 2. The smallest absolute Gasteiger partial charge is 0.166 e. The molecule has 0 radical (unpaired) electrons. The molecule has 0 N–H and O–H groups in total. The quantitative estimate of drug-likeness (QED) is 0.435. The highest BCUT2D eigenvalue weighted by molar-refractivity contribution is 9.25. The predicted octanol–water partition coefficient (Wildman–Crippen LogP) is 5.52. The van der Waals surface area contributed by atoms with E-state index in [2.05, 4.69) is 69.8 Å². The third-order valence-corrected chi connectivity index (χ3v) is 2.57. The Kier molecular flexibility index (Phi) is 33.6. The van der Waals surface area contributed by atoms with Crippen molar-refractivity contribution in [2.24, 2.45) is 0 Å². The van der Waals surface area contributed by atoms with Crippen molar-refractivity contribution in [2.75, 3.05) is 5.33 Å². The second kappa shape index (κ2) is 23.9. The number of hydrogen-bond donors (Lipinski definition) is 0. The van der Waals surface area contributed by atoms with Crippen LogP contribution in [0.5, 0.6) is 0 Å². The van der Waals surface area contributed by atoms with Crippen molar-refractivity contribution >= 4 is 63.7 Å². The highest BCUT2D eigenvalue weighted by atomic mass is 79.9. The van der Waals surface area contributed by atoms with Crippen LogP contribution >= 0.6 is 63.7 Å². The number of halogens is 4. The monoisotopic (exact) mass is 532 g/mol. The molecular weight excluding hydrogens is 520 g/mol. The maximum absolute atomic E-state index is 8.38. The number of alkyl halides is 4. The lowest BCUT2D eigenvalue weighted by atomic mass is 10.3. The van der Waals surface area contributed by atoms with Crippen LogP contribution in [-0.4, -0.2) is 13.4 Å². The van der Waals surface area contributed by atoms with Crippen LogP contribution in [0.1, 0.15) is 33.6 Å². The minimum Gasteiger partial charge on any atom is -0.199 e. The summed E-state index contributed by atoms with van der Waals surface area (Å²) in [5.41, 5.74) is 0. The van der Waals surface area contributed by atoms with Crippen LogP contribution in [0.25, 0.3) is 0 Å². The van der Waals surface area contributed by atoms with Gasteiger partial charge in [-0.2, -0.15) is 21.0 Å². The van der Waals surface area contributed by atoms with Gasteiger partial charge in [0.05, 0.1) is 34.4 Å². The molecule has 4 nitrogen and oxygen atoms in total. The molecule has 0 rings (SSSR count). The maximum Gasteiger partial charge on any atom is 0.166 e. The standard InChI is InChI=1S/C5H7Br2N.C3H4BrN.C2H2BrN.C2H3N/c1-2-3-5(6,7)4-8;1-3(4)2-5;3-1-2-4;1-2-3/h2-3H2,1H3;3H,1H3;1H2;1H3. The van der Waals surface area contributed by atoms with Crippen molar-refractivity contribution in [3.63, 3.8) is 0 Å². The average Bonchev–Trinajstić information content (AvgIpc) is 2.40. The maximum atomic E-state index is 8.38. The zero-order valence-corrected chi connectivity index (χ0v) is 17.8. The summed E-state index contributed by atoms with van der Waals surface area (Å²) in [6.45, 7) is 5.24. The molecule has 0 amide bonds. The third-order valence-electron chi connectivity index (χ3n) is 0.965. The Balaban J connectivity index is -0.0000000924. The van der Waals surface area contributed by atoms with E-state index < -0.39 is 3.23 Å². The summed E-state index contributed by atoms with van der Waals surface area (Å²) in [7, 11) is 0. The number of nitrogens with zero attached hydrogens (tertiary/aromatic N) is 4. The van der Waals surface area contributed by atoms with Gasteiger partial charge < -0.3 is 0 Å². The van der Waals surface area contributed by atoms with Crippen LogP contribution in [0, 0.1) is 45.3 Å². The van der Waals surface area contributed by atoms with E-state index in [9.17, 15) is 0 Å². The van der Waals surface area contributed by atoms with Gasteiger partial charge in [-0.3, -0.25) is 0 Å². The van der Waals surface area contributed by atoms with Gasteiger partial charge in [0.2, 0.25) is 0 Å². The van der Waals surface area contributed by atoms with Gasteiger partial charge in [0, 0.05) is 6.92 Å². The molecule has 112 valence electrons. The largest absolute Gasteiger partial charge is 0.199 e. The van der Waals surface area contributed by atoms with E-state index in [1.807, 2.05) is 19.1 Å². The van der Waals surface area contributed by atoms with Crippen molar-refractivity contribution in [3.05, 3.63) is 0 Å². The van der Waals surface area contributed by atoms with Crippen molar-refractivity contribution in [1.82, 2.24) is 0 Å². The van der Waals surface area contributed by atoms with Crippen molar-refractivity contribution in [1.29, 1.82) is 21.0 Å². The minimum atomic E-state index is -0.477. The summed E-state index contributed by atoms with van der Waals surface area (Å²) in [6, 6.07) is 7.62. The van der Waals surface area contributed by atoms with Crippen LogP contribution in [0.4, 0.5) is 0 Å². The molecule has 0 bridgehead atoms. The molecule has 0 aromatic carbocycles. The highest BCUT2D eigenvalue weighted by Crippen LogP contribution is 2.29. The molecule has 0 aliphatic rings. The molecule has 0 aliphatic carbocycles. The van der Waals surface area contributed by atoms with Gasteiger partial charge in [0.1, 0.15) is 0 Å². The van der Waals surface area contributed by atoms with Gasteiger partial charge in [0.25, 0.3) is 0 Å². The Bertz CT molecular complexity index is 356. The fourth-order valence-electron chi connectivity index (χ4n) is 0.370. The molecule has 0 aliphatic heterocycles. The summed E-state index contributed by atoms with van der Waals surface area (Å²) in [4.78, 5) is 0.00231. The Labute approximate surface area is 155 Å². The van der Waals surface area contributed by atoms with Gasteiger partial charge in [0.15, 0.2) is 3.23 Å². The van der Waals surface area contributed by atoms with Gasteiger partial charge in [-0.15, -0.1) is 0 Å². The van der Waals surface area contributed by atoms with Crippen LogP contribution in [-0.2, 0) is 0 Å². The topological polar surface area (TPSA) is 95.2 Å². The van der Waals surface area contributed by atoms with E-state index in [1.54, 1.807) is 13.0 Å². The second-order valence-electron chi connectivity index (χ2n) is 2.83. The summed E-state index contributed by atoms with van der Waals surface area (Å²) in [5, 5.41) is 31.6. The SMILES string of the molecule is CC#N.CC(Br)C#N.CCCC(Br)(Br)C#N.N#CCBr. The Morgan fingerprint density at radius 1 is 1.15 bits per heavy atom. The molecule has 0 fully saturated rings. The van der Waals surface area contributed by atoms with Crippen molar-refractivity contribution < 1.29 is 0 Å². The van der Waals surface area contributed by atoms with Crippen molar-refractivity contribution in [2.45, 2.75) is 41.7 Å². The van der Waals surface area contributed by atoms with Crippen LogP contribution in [0.2, 0.25) is 0 Å². The molecule has 20 heavy (non-hydrogen) atoms. The van der Waals surface area contributed by atoms with E-state index in [-0.39, 0.29) is 4.83 Å². The first-order valence-corrected chi connectivity index (χ1v) is 8.91. The van der Waals surface area contributed by atoms with Gasteiger partial charge >= 0.3 is 0 Å². The van der Waals surface area contributed by atoms with Gasteiger partial charge in [-0.1, -0.05) is 77.1 Å². The zero-order chi connectivity index (χ0) is 17.0. The van der Waals surface area contributed by atoms with Crippen molar-refractivity contribution in [3.8, 4) is 24.3 Å². The van der Waals surface area contributed by atoms with E-state index in [0.29, 0.717) is 5.33 Å². The van der Waals surface area contributed by atoms with Crippen LogP contribution < -0.4 is 0 Å². The Morgan fingerprint density at radius 3 is 1.50 bits per heavy atom. The van der Waals surface area contributed by atoms with E-state index >= 15 is 0 Å². The van der Waals surface area contributed by atoms with Gasteiger partial charge in [-0.05, 0) is 13.3 Å². The number of hydrogen-bond acceptors (Lipinski definition) is 4. The lowest BCUT2D eigenvalue weighted by Gasteiger charge is -2.06. The first kappa shape index (κ1) is 28.1. The molecule has 8 heteroatoms. The number of nitriles is 4. The second-order valence-corrected chi connectivity index (χ2v) is 8.53. The minimum absolute atomic E-state index is 0.00231. The Morgan fingerprint density at radius 2 is 1.45 bits per heavy atom. The summed E-state index contributed by atoms with van der Waals surface area (Å²) in [5.74, 6) is 0. The van der Waals surface area contributed by atoms with Crippen LogP contribution in [0.15, 0.2) is 0 Å².